The van der Waals surface area contributed by atoms with Gasteiger partial charge < -0.3 is 0 Å². The summed E-state index contributed by atoms with van der Waals surface area (Å²) < 4.78 is 0. The molecule has 1 aromatic heterocycles. The van der Waals surface area contributed by atoms with Crippen LogP contribution in [-0.4, -0.2) is 10.2 Å². The molecule has 0 fully saturated rings. The van der Waals surface area contributed by atoms with Gasteiger partial charge in [0.1, 0.15) is 0 Å². The average molecular weight is 193 g/mol. The molecule has 0 bridgehead atoms. The summed E-state index contributed by atoms with van der Waals surface area (Å²) in [6, 6.07) is 1.96. The van der Waals surface area contributed by atoms with Crippen molar-refractivity contribution in [3.63, 3.8) is 0 Å². The van der Waals surface area contributed by atoms with Crippen molar-refractivity contribution in [2.45, 2.75) is 13.8 Å². The molecule has 0 N–H and O–H groups in total. The molecule has 0 aliphatic heterocycles. The van der Waals surface area contributed by atoms with E-state index in [1.165, 1.54) is 0 Å². The lowest BCUT2D eigenvalue weighted by atomic mass is 10.0. The minimum absolute atomic E-state index is 0.790. The lowest BCUT2D eigenvalue weighted by Gasteiger charge is -2.05. The molecular formula is C10H9ClN2. The number of aryl methyl sites for hydroxylation is 2. The van der Waals surface area contributed by atoms with Crippen LogP contribution in [0.15, 0.2) is 18.5 Å². The quantitative estimate of drug-likeness (QED) is 0.642. The number of fused-ring (bicyclic) bond motifs is 1. The predicted octanol–water partition coefficient (Wildman–Crippen LogP) is 2.90. The van der Waals surface area contributed by atoms with Crippen LogP contribution in [0, 0.1) is 13.8 Å². The first-order chi connectivity index (χ1) is 6.20. The highest BCUT2D eigenvalue weighted by molar-refractivity contribution is 6.32. The van der Waals surface area contributed by atoms with Crippen LogP contribution in [-0.2, 0) is 0 Å². The van der Waals surface area contributed by atoms with Crippen molar-refractivity contribution in [3.05, 3.63) is 34.6 Å². The average Bonchev–Trinajstić information content (AvgIpc) is 2.15. The van der Waals surface area contributed by atoms with Crippen LogP contribution in [0.4, 0.5) is 0 Å². The molecule has 2 aromatic rings. The second-order valence-electron chi connectivity index (χ2n) is 3.12. The minimum atomic E-state index is 0.790. The molecule has 1 aromatic carbocycles. The first-order valence-electron chi connectivity index (χ1n) is 4.06. The number of halogens is 1. The fraction of sp³-hybridized carbons (Fsp3) is 0.200. The summed E-state index contributed by atoms with van der Waals surface area (Å²) in [6.07, 6.45) is 3.53. The van der Waals surface area contributed by atoms with E-state index < -0.39 is 0 Å². The van der Waals surface area contributed by atoms with Gasteiger partial charge in [-0.05, 0) is 31.0 Å². The topological polar surface area (TPSA) is 25.8 Å². The van der Waals surface area contributed by atoms with Crippen molar-refractivity contribution in [3.8, 4) is 0 Å². The fourth-order valence-electron chi connectivity index (χ4n) is 1.44. The zero-order chi connectivity index (χ0) is 9.42. The monoisotopic (exact) mass is 192 g/mol. The van der Waals surface area contributed by atoms with E-state index in [1.807, 2.05) is 19.9 Å². The van der Waals surface area contributed by atoms with E-state index in [2.05, 4.69) is 10.2 Å². The third-order valence-corrected chi connectivity index (χ3v) is 2.65. The van der Waals surface area contributed by atoms with Crippen molar-refractivity contribution >= 4 is 22.4 Å². The van der Waals surface area contributed by atoms with E-state index in [9.17, 15) is 0 Å². The maximum Gasteiger partial charge on any atom is 0.0577 e. The zero-order valence-corrected chi connectivity index (χ0v) is 8.26. The Bertz CT molecular complexity index is 466. The summed E-state index contributed by atoms with van der Waals surface area (Å²) in [5, 5.41) is 10.7. The van der Waals surface area contributed by atoms with E-state index in [1.54, 1.807) is 12.4 Å². The van der Waals surface area contributed by atoms with Gasteiger partial charge in [-0.2, -0.15) is 10.2 Å². The van der Waals surface area contributed by atoms with Gasteiger partial charge in [0.2, 0.25) is 0 Å². The van der Waals surface area contributed by atoms with E-state index in [4.69, 9.17) is 11.6 Å². The van der Waals surface area contributed by atoms with E-state index in [0.29, 0.717) is 0 Å². The number of nitrogens with zero attached hydrogens (tertiary/aromatic N) is 2. The molecule has 3 heteroatoms. The summed E-state index contributed by atoms with van der Waals surface area (Å²) in [4.78, 5) is 0. The molecule has 2 rings (SSSR count). The Morgan fingerprint density at radius 1 is 1.08 bits per heavy atom. The van der Waals surface area contributed by atoms with Crippen molar-refractivity contribution in [2.75, 3.05) is 0 Å². The van der Waals surface area contributed by atoms with Crippen LogP contribution in [0.3, 0.4) is 0 Å². The summed E-state index contributed by atoms with van der Waals surface area (Å²) in [5.74, 6) is 0. The van der Waals surface area contributed by atoms with Gasteiger partial charge in [-0.25, -0.2) is 0 Å². The SMILES string of the molecule is Cc1cc(Cl)c(C)c2cnncc12. The van der Waals surface area contributed by atoms with Crippen LogP contribution >= 0.6 is 11.6 Å². The van der Waals surface area contributed by atoms with E-state index >= 15 is 0 Å². The Hall–Kier alpha value is -1.15. The Balaban J connectivity index is 2.97. The van der Waals surface area contributed by atoms with E-state index in [-0.39, 0.29) is 0 Å². The Morgan fingerprint density at radius 2 is 1.69 bits per heavy atom. The van der Waals surface area contributed by atoms with Crippen molar-refractivity contribution in [1.29, 1.82) is 0 Å². The summed E-state index contributed by atoms with van der Waals surface area (Å²) in [5.41, 5.74) is 2.21. The summed E-state index contributed by atoms with van der Waals surface area (Å²) in [7, 11) is 0. The molecule has 0 amide bonds. The molecule has 0 spiro atoms. The van der Waals surface area contributed by atoms with Gasteiger partial charge in [0.15, 0.2) is 0 Å². The van der Waals surface area contributed by atoms with Gasteiger partial charge in [0.25, 0.3) is 0 Å². The van der Waals surface area contributed by atoms with Gasteiger partial charge in [0, 0.05) is 15.8 Å². The van der Waals surface area contributed by atoms with Gasteiger partial charge in [-0.3, -0.25) is 0 Å². The molecule has 0 saturated carbocycles. The standard InChI is InChI=1S/C10H9ClN2/c1-6-3-10(11)7(2)9-5-13-12-4-8(6)9/h3-5H,1-2H3. The normalized spacial score (nSPS) is 10.7. The third-order valence-electron chi connectivity index (χ3n) is 2.26. The highest BCUT2D eigenvalue weighted by atomic mass is 35.5. The second kappa shape index (κ2) is 2.96. The van der Waals surface area contributed by atoms with Crippen LogP contribution in [0.25, 0.3) is 10.8 Å². The minimum Gasteiger partial charge on any atom is -0.158 e. The second-order valence-corrected chi connectivity index (χ2v) is 3.52. The van der Waals surface area contributed by atoms with Crippen molar-refractivity contribution in [1.82, 2.24) is 10.2 Å². The van der Waals surface area contributed by atoms with Gasteiger partial charge in [-0.15, -0.1) is 0 Å². The number of hydrogen-bond donors (Lipinski definition) is 0. The predicted molar refractivity (Wildman–Crippen MR) is 54.0 cm³/mol. The molecule has 0 aliphatic rings. The first kappa shape index (κ1) is 8.45. The molecule has 0 atom stereocenters. The molecular weight excluding hydrogens is 184 g/mol. The Morgan fingerprint density at radius 3 is 2.38 bits per heavy atom. The fourth-order valence-corrected chi connectivity index (χ4v) is 1.70. The third kappa shape index (κ3) is 1.27. The van der Waals surface area contributed by atoms with Gasteiger partial charge in [0.05, 0.1) is 12.4 Å². The molecule has 0 aliphatic carbocycles. The number of rotatable bonds is 0. The lowest BCUT2D eigenvalue weighted by molar-refractivity contribution is 1.05. The van der Waals surface area contributed by atoms with Gasteiger partial charge in [-0.1, -0.05) is 11.6 Å². The van der Waals surface area contributed by atoms with E-state index in [0.717, 1.165) is 26.9 Å². The van der Waals surface area contributed by atoms with Gasteiger partial charge >= 0.3 is 0 Å². The molecule has 0 unspecified atom stereocenters. The van der Waals surface area contributed by atoms with Crippen LogP contribution in [0.2, 0.25) is 5.02 Å². The molecule has 2 nitrogen and oxygen atoms in total. The van der Waals surface area contributed by atoms with Crippen molar-refractivity contribution in [2.24, 2.45) is 0 Å². The molecule has 0 saturated heterocycles. The maximum absolute atomic E-state index is 6.04. The number of benzene rings is 1. The summed E-state index contributed by atoms with van der Waals surface area (Å²) >= 11 is 6.04. The molecule has 66 valence electrons. The molecule has 0 radical (unpaired) electrons. The zero-order valence-electron chi connectivity index (χ0n) is 7.50. The molecule has 1 heterocycles. The highest BCUT2D eigenvalue weighted by Crippen LogP contribution is 2.26. The first-order valence-corrected chi connectivity index (χ1v) is 4.44. The van der Waals surface area contributed by atoms with Crippen LogP contribution < -0.4 is 0 Å². The number of hydrogen-bond acceptors (Lipinski definition) is 2. The maximum atomic E-state index is 6.04. The summed E-state index contributed by atoms with van der Waals surface area (Å²) in [6.45, 7) is 4.01. The smallest absolute Gasteiger partial charge is 0.0577 e. The number of aromatic nitrogens is 2. The Kier molecular flexibility index (Phi) is 1.93. The lowest BCUT2D eigenvalue weighted by Crippen LogP contribution is -1.88. The largest absolute Gasteiger partial charge is 0.158 e. The van der Waals surface area contributed by atoms with Crippen molar-refractivity contribution < 1.29 is 0 Å². The van der Waals surface area contributed by atoms with Crippen LogP contribution in [0.1, 0.15) is 11.1 Å². The Labute approximate surface area is 81.6 Å². The molecule has 13 heavy (non-hydrogen) atoms. The highest BCUT2D eigenvalue weighted by Gasteiger charge is 2.04. The van der Waals surface area contributed by atoms with Crippen LogP contribution in [0.5, 0.6) is 0 Å².